The van der Waals surface area contributed by atoms with Crippen molar-refractivity contribution in [3.63, 3.8) is 0 Å². The molecule has 25 heavy (non-hydrogen) atoms. The van der Waals surface area contributed by atoms with Crippen LogP contribution >= 0.6 is 0 Å². The van der Waals surface area contributed by atoms with E-state index in [1.807, 2.05) is 6.92 Å². The van der Waals surface area contributed by atoms with Gasteiger partial charge >= 0.3 is 0 Å². The van der Waals surface area contributed by atoms with Crippen LogP contribution in [-0.2, 0) is 0 Å². The summed E-state index contributed by atoms with van der Waals surface area (Å²) in [4.78, 5) is 18.1. The predicted octanol–water partition coefficient (Wildman–Crippen LogP) is 5.63. The van der Waals surface area contributed by atoms with Gasteiger partial charge in [-0.2, -0.15) is 0 Å². The lowest BCUT2D eigenvalue weighted by Crippen LogP contribution is -2.43. The van der Waals surface area contributed by atoms with Gasteiger partial charge in [0.1, 0.15) is 5.84 Å². The SMILES string of the molecule is CCCN1C(=Nc2ccc([N+](=O)[O-])cc2C)CCCCC1C(C)CC. The number of hydrogen-bond acceptors (Lipinski definition) is 3. The molecule has 1 saturated heterocycles. The molecule has 1 aliphatic rings. The minimum atomic E-state index is -0.349. The molecular formula is C20H31N3O2. The first-order valence-electron chi connectivity index (χ1n) is 9.57. The molecule has 1 heterocycles. The molecule has 0 bridgehead atoms. The van der Waals surface area contributed by atoms with Gasteiger partial charge in [0, 0.05) is 31.1 Å². The van der Waals surface area contributed by atoms with Crippen molar-refractivity contribution in [2.24, 2.45) is 10.9 Å². The van der Waals surface area contributed by atoms with E-state index in [2.05, 4.69) is 25.7 Å². The molecule has 1 aromatic carbocycles. The Hall–Kier alpha value is -1.91. The van der Waals surface area contributed by atoms with Crippen LogP contribution in [0.4, 0.5) is 11.4 Å². The Kier molecular flexibility index (Phi) is 6.97. The van der Waals surface area contributed by atoms with E-state index in [1.54, 1.807) is 18.2 Å². The van der Waals surface area contributed by atoms with E-state index in [4.69, 9.17) is 4.99 Å². The van der Waals surface area contributed by atoms with Crippen LogP contribution in [0.5, 0.6) is 0 Å². The number of rotatable bonds is 6. The largest absolute Gasteiger partial charge is 0.357 e. The van der Waals surface area contributed by atoms with Gasteiger partial charge in [-0.05, 0) is 43.7 Å². The second-order valence-corrected chi connectivity index (χ2v) is 7.15. The molecule has 0 saturated carbocycles. The van der Waals surface area contributed by atoms with Gasteiger partial charge in [-0.25, -0.2) is 4.99 Å². The van der Waals surface area contributed by atoms with Crippen molar-refractivity contribution in [3.05, 3.63) is 33.9 Å². The number of aryl methyl sites for hydroxylation is 1. The van der Waals surface area contributed by atoms with Crippen LogP contribution in [0.25, 0.3) is 0 Å². The first-order chi connectivity index (χ1) is 12.0. The second kappa shape index (κ2) is 8.97. The van der Waals surface area contributed by atoms with Gasteiger partial charge in [0.2, 0.25) is 0 Å². The summed E-state index contributed by atoms with van der Waals surface area (Å²) in [6.45, 7) is 9.75. The number of nitro groups is 1. The third-order valence-corrected chi connectivity index (χ3v) is 5.29. The summed E-state index contributed by atoms with van der Waals surface area (Å²) in [5, 5.41) is 10.9. The first-order valence-corrected chi connectivity index (χ1v) is 9.57. The van der Waals surface area contributed by atoms with Gasteiger partial charge in [-0.15, -0.1) is 0 Å². The molecule has 1 aliphatic heterocycles. The standard InChI is InChI=1S/C20H31N3O2/c1-5-13-22-19(15(3)6-2)9-7-8-10-20(22)21-18-12-11-17(23(24)25)14-16(18)4/h11-12,14-15,19H,5-10,13H2,1-4H3. The summed E-state index contributed by atoms with van der Waals surface area (Å²) in [5.74, 6) is 1.80. The summed E-state index contributed by atoms with van der Waals surface area (Å²) in [6, 6.07) is 5.50. The smallest absolute Gasteiger partial charge is 0.269 e. The summed E-state index contributed by atoms with van der Waals surface area (Å²) >= 11 is 0. The molecule has 1 fully saturated rings. The predicted molar refractivity (Wildman–Crippen MR) is 104 cm³/mol. The Morgan fingerprint density at radius 2 is 2.12 bits per heavy atom. The van der Waals surface area contributed by atoms with Gasteiger partial charge in [-0.3, -0.25) is 10.1 Å². The zero-order chi connectivity index (χ0) is 18.4. The number of likely N-dealkylation sites (tertiary alicyclic amines) is 1. The maximum absolute atomic E-state index is 10.9. The molecule has 5 nitrogen and oxygen atoms in total. The highest BCUT2D eigenvalue weighted by atomic mass is 16.6. The van der Waals surface area contributed by atoms with Crippen molar-refractivity contribution < 1.29 is 4.92 Å². The summed E-state index contributed by atoms with van der Waals surface area (Å²) in [7, 11) is 0. The van der Waals surface area contributed by atoms with E-state index < -0.39 is 0 Å². The minimum absolute atomic E-state index is 0.130. The Morgan fingerprint density at radius 1 is 1.36 bits per heavy atom. The Morgan fingerprint density at radius 3 is 2.72 bits per heavy atom. The monoisotopic (exact) mass is 345 g/mol. The maximum atomic E-state index is 10.9. The molecule has 0 aromatic heterocycles. The topological polar surface area (TPSA) is 58.7 Å². The Labute approximate surface area is 151 Å². The summed E-state index contributed by atoms with van der Waals surface area (Å²) < 4.78 is 0. The lowest BCUT2D eigenvalue weighted by atomic mass is 9.94. The molecule has 0 N–H and O–H groups in total. The van der Waals surface area contributed by atoms with Crippen molar-refractivity contribution in [3.8, 4) is 0 Å². The molecule has 0 spiro atoms. The number of hydrogen-bond donors (Lipinski definition) is 0. The average molecular weight is 345 g/mol. The van der Waals surface area contributed by atoms with Crippen molar-refractivity contribution in [2.45, 2.75) is 72.3 Å². The van der Waals surface area contributed by atoms with E-state index in [0.717, 1.165) is 42.9 Å². The molecular weight excluding hydrogens is 314 g/mol. The fourth-order valence-corrected chi connectivity index (χ4v) is 3.66. The number of aliphatic imine (C=N–C) groups is 1. The lowest BCUT2D eigenvalue weighted by molar-refractivity contribution is -0.384. The van der Waals surface area contributed by atoms with E-state index >= 15 is 0 Å². The number of nitrogens with zero attached hydrogens (tertiary/aromatic N) is 3. The van der Waals surface area contributed by atoms with Gasteiger partial charge in [0.05, 0.1) is 10.6 Å². The zero-order valence-electron chi connectivity index (χ0n) is 16.0. The van der Waals surface area contributed by atoms with Crippen molar-refractivity contribution in [1.29, 1.82) is 0 Å². The average Bonchev–Trinajstić information content (AvgIpc) is 2.79. The molecule has 2 atom stereocenters. The van der Waals surface area contributed by atoms with Crippen LogP contribution in [0.15, 0.2) is 23.2 Å². The van der Waals surface area contributed by atoms with Crippen LogP contribution in [0.3, 0.4) is 0 Å². The highest BCUT2D eigenvalue weighted by molar-refractivity contribution is 5.86. The number of amidine groups is 1. The number of nitro benzene ring substituents is 1. The summed E-state index contributed by atoms with van der Waals surface area (Å²) in [6.07, 6.45) is 6.90. The van der Waals surface area contributed by atoms with Gasteiger partial charge in [-0.1, -0.05) is 33.6 Å². The highest BCUT2D eigenvalue weighted by Crippen LogP contribution is 2.29. The zero-order valence-corrected chi connectivity index (χ0v) is 16.0. The van der Waals surface area contributed by atoms with Crippen molar-refractivity contribution in [1.82, 2.24) is 4.90 Å². The van der Waals surface area contributed by atoms with Crippen LogP contribution in [-0.4, -0.2) is 28.2 Å². The van der Waals surface area contributed by atoms with Crippen LogP contribution in [0.2, 0.25) is 0 Å². The molecule has 0 radical (unpaired) electrons. The van der Waals surface area contributed by atoms with Gasteiger partial charge in [0.25, 0.3) is 5.69 Å². The maximum Gasteiger partial charge on any atom is 0.269 e. The molecule has 138 valence electrons. The quantitative estimate of drug-likeness (QED) is 0.495. The molecule has 2 unspecified atom stereocenters. The molecule has 5 heteroatoms. The van der Waals surface area contributed by atoms with Crippen molar-refractivity contribution in [2.75, 3.05) is 6.54 Å². The molecule has 0 aliphatic carbocycles. The number of benzene rings is 1. The Bertz CT molecular complexity index is 627. The van der Waals surface area contributed by atoms with E-state index in [9.17, 15) is 10.1 Å². The molecule has 0 amide bonds. The second-order valence-electron chi connectivity index (χ2n) is 7.15. The van der Waals surface area contributed by atoms with Gasteiger partial charge in [0.15, 0.2) is 0 Å². The lowest BCUT2D eigenvalue weighted by Gasteiger charge is -2.36. The minimum Gasteiger partial charge on any atom is -0.357 e. The summed E-state index contributed by atoms with van der Waals surface area (Å²) in [5.41, 5.74) is 1.85. The Balaban J connectivity index is 2.38. The first kappa shape index (κ1) is 19.4. The molecule has 1 aromatic rings. The van der Waals surface area contributed by atoms with Crippen LogP contribution in [0.1, 0.15) is 64.9 Å². The van der Waals surface area contributed by atoms with Crippen molar-refractivity contribution >= 4 is 17.2 Å². The van der Waals surface area contributed by atoms with E-state index in [0.29, 0.717) is 12.0 Å². The highest BCUT2D eigenvalue weighted by Gasteiger charge is 2.28. The fraction of sp³-hybridized carbons (Fsp3) is 0.650. The normalized spacial score (nSPS) is 21.2. The molecule has 2 rings (SSSR count). The van der Waals surface area contributed by atoms with Crippen LogP contribution < -0.4 is 0 Å². The van der Waals surface area contributed by atoms with E-state index in [1.165, 1.54) is 19.3 Å². The fourth-order valence-electron chi connectivity index (χ4n) is 3.66. The van der Waals surface area contributed by atoms with Crippen LogP contribution in [0, 0.1) is 23.0 Å². The van der Waals surface area contributed by atoms with Gasteiger partial charge < -0.3 is 4.90 Å². The van der Waals surface area contributed by atoms with E-state index in [-0.39, 0.29) is 10.6 Å². The number of non-ortho nitro benzene ring substituents is 1. The third-order valence-electron chi connectivity index (χ3n) is 5.29. The third kappa shape index (κ3) is 4.80.